The van der Waals surface area contributed by atoms with Crippen molar-refractivity contribution in [3.63, 3.8) is 0 Å². The van der Waals surface area contributed by atoms with Crippen molar-refractivity contribution < 1.29 is 18.0 Å². The Morgan fingerprint density at radius 2 is 1.81 bits per heavy atom. The van der Waals surface area contributed by atoms with Gasteiger partial charge in [0.25, 0.3) is 5.91 Å². The van der Waals surface area contributed by atoms with E-state index in [1.165, 1.54) is 12.1 Å². The third kappa shape index (κ3) is 3.77. The molecule has 136 valence electrons. The molecule has 1 saturated heterocycles. The maximum atomic E-state index is 12.5. The fraction of sp³-hybridized carbons (Fsp3) is 0.263. The Morgan fingerprint density at radius 1 is 1.12 bits per heavy atom. The van der Waals surface area contributed by atoms with Crippen LogP contribution in [0.25, 0.3) is 0 Å². The second kappa shape index (κ2) is 6.92. The van der Waals surface area contributed by atoms with Gasteiger partial charge in [0.05, 0.1) is 4.90 Å². The SMILES string of the molecule is Cc1ccc(S(C)(=O)=O)cc1NC(=O)c1ccc(N2CCCC2=O)cc1. The maximum absolute atomic E-state index is 12.5. The van der Waals surface area contributed by atoms with E-state index in [1.807, 2.05) is 0 Å². The van der Waals surface area contributed by atoms with Crippen LogP contribution in [-0.4, -0.2) is 33.0 Å². The molecule has 26 heavy (non-hydrogen) atoms. The molecule has 1 aliphatic rings. The molecule has 1 N–H and O–H groups in total. The van der Waals surface area contributed by atoms with Crippen LogP contribution in [0.2, 0.25) is 0 Å². The standard InChI is InChI=1S/C19H20N2O4S/c1-13-5-10-16(26(2,24)25)12-17(13)20-19(23)14-6-8-15(9-7-14)21-11-3-4-18(21)22/h5-10,12H,3-4,11H2,1-2H3,(H,20,23). The summed E-state index contributed by atoms with van der Waals surface area (Å²) < 4.78 is 23.4. The lowest BCUT2D eigenvalue weighted by atomic mass is 10.1. The van der Waals surface area contributed by atoms with Gasteiger partial charge in [-0.2, -0.15) is 0 Å². The molecule has 3 rings (SSSR count). The lowest BCUT2D eigenvalue weighted by Gasteiger charge is -2.16. The van der Waals surface area contributed by atoms with E-state index < -0.39 is 9.84 Å². The predicted octanol–water partition coefficient (Wildman–Crippen LogP) is 2.78. The molecule has 0 atom stereocenters. The smallest absolute Gasteiger partial charge is 0.255 e. The van der Waals surface area contributed by atoms with Crippen LogP contribution in [-0.2, 0) is 14.6 Å². The van der Waals surface area contributed by atoms with Crippen molar-refractivity contribution in [1.29, 1.82) is 0 Å². The van der Waals surface area contributed by atoms with Crippen molar-refractivity contribution in [2.75, 3.05) is 23.0 Å². The molecule has 1 heterocycles. The summed E-state index contributed by atoms with van der Waals surface area (Å²) in [5.41, 5.74) is 2.44. The summed E-state index contributed by atoms with van der Waals surface area (Å²) in [7, 11) is -3.35. The molecule has 2 aromatic carbocycles. The highest BCUT2D eigenvalue weighted by molar-refractivity contribution is 7.90. The number of hydrogen-bond donors (Lipinski definition) is 1. The monoisotopic (exact) mass is 372 g/mol. The third-order valence-electron chi connectivity index (χ3n) is 4.40. The molecule has 2 amide bonds. The zero-order valence-electron chi connectivity index (χ0n) is 14.7. The number of nitrogens with one attached hydrogen (secondary N) is 1. The second-order valence-corrected chi connectivity index (χ2v) is 8.41. The number of benzene rings is 2. The minimum Gasteiger partial charge on any atom is -0.322 e. The number of hydrogen-bond acceptors (Lipinski definition) is 4. The van der Waals surface area contributed by atoms with Crippen LogP contribution in [0.5, 0.6) is 0 Å². The van der Waals surface area contributed by atoms with Crippen LogP contribution < -0.4 is 10.2 Å². The fourth-order valence-electron chi connectivity index (χ4n) is 2.87. The number of anilines is 2. The molecule has 0 bridgehead atoms. The largest absolute Gasteiger partial charge is 0.322 e. The molecule has 0 radical (unpaired) electrons. The molecule has 2 aromatic rings. The van der Waals surface area contributed by atoms with Crippen LogP contribution >= 0.6 is 0 Å². The molecule has 0 spiro atoms. The van der Waals surface area contributed by atoms with E-state index in [0.717, 1.165) is 23.9 Å². The quantitative estimate of drug-likeness (QED) is 0.894. The van der Waals surface area contributed by atoms with Crippen molar-refractivity contribution in [2.45, 2.75) is 24.7 Å². The van der Waals surface area contributed by atoms with Gasteiger partial charge in [0.1, 0.15) is 0 Å². The Hall–Kier alpha value is -2.67. The van der Waals surface area contributed by atoms with Gasteiger partial charge in [-0.15, -0.1) is 0 Å². The van der Waals surface area contributed by atoms with Gasteiger partial charge in [-0.05, 0) is 55.3 Å². The van der Waals surface area contributed by atoms with Crippen LogP contribution in [0.3, 0.4) is 0 Å². The highest BCUT2D eigenvalue weighted by atomic mass is 32.2. The third-order valence-corrected chi connectivity index (χ3v) is 5.51. The van der Waals surface area contributed by atoms with E-state index in [9.17, 15) is 18.0 Å². The number of carbonyl (C=O) groups is 2. The number of aryl methyl sites for hydroxylation is 1. The number of sulfone groups is 1. The summed E-state index contributed by atoms with van der Waals surface area (Å²) in [4.78, 5) is 26.1. The molecule has 0 saturated carbocycles. The van der Waals surface area contributed by atoms with E-state index in [1.54, 1.807) is 42.2 Å². The summed E-state index contributed by atoms with van der Waals surface area (Å²) >= 11 is 0. The summed E-state index contributed by atoms with van der Waals surface area (Å²) in [5, 5.41) is 2.75. The Bertz CT molecular complexity index is 966. The number of rotatable bonds is 4. The van der Waals surface area contributed by atoms with Gasteiger partial charge >= 0.3 is 0 Å². The Balaban J connectivity index is 1.79. The van der Waals surface area contributed by atoms with Gasteiger partial charge in [0, 0.05) is 36.2 Å². The Labute approximate surface area is 152 Å². The fourth-order valence-corrected chi connectivity index (χ4v) is 3.52. The van der Waals surface area contributed by atoms with Crippen molar-refractivity contribution >= 4 is 33.0 Å². The summed E-state index contributed by atoms with van der Waals surface area (Å²) in [6.07, 6.45) is 2.52. The van der Waals surface area contributed by atoms with Crippen LogP contribution in [0.15, 0.2) is 47.4 Å². The topological polar surface area (TPSA) is 83.6 Å². The van der Waals surface area contributed by atoms with Crippen LogP contribution in [0.1, 0.15) is 28.8 Å². The molecular weight excluding hydrogens is 352 g/mol. The van der Waals surface area contributed by atoms with E-state index in [0.29, 0.717) is 24.2 Å². The first-order chi connectivity index (χ1) is 12.3. The molecule has 0 aliphatic carbocycles. The van der Waals surface area contributed by atoms with Crippen molar-refractivity contribution in [1.82, 2.24) is 0 Å². The van der Waals surface area contributed by atoms with Gasteiger partial charge < -0.3 is 10.2 Å². The predicted molar refractivity (Wildman–Crippen MR) is 100 cm³/mol. The molecule has 1 fully saturated rings. The average Bonchev–Trinajstić information content (AvgIpc) is 3.02. The number of carbonyl (C=O) groups excluding carboxylic acids is 2. The van der Waals surface area contributed by atoms with Gasteiger partial charge in [0.15, 0.2) is 9.84 Å². The molecule has 0 unspecified atom stereocenters. The zero-order valence-corrected chi connectivity index (χ0v) is 15.5. The number of amides is 2. The van der Waals surface area contributed by atoms with Crippen molar-refractivity contribution in [3.05, 3.63) is 53.6 Å². The average molecular weight is 372 g/mol. The van der Waals surface area contributed by atoms with Crippen LogP contribution in [0.4, 0.5) is 11.4 Å². The molecule has 6 nitrogen and oxygen atoms in total. The highest BCUT2D eigenvalue weighted by Crippen LogP contribution is 2.23. The first kappa shape index (κ1) is 18.1. The lowest BCUT2D eigenvalue weighted by molar-refractivity contribution is -0.117. The van der Waals surface area contributed by atoms with Crippen molar-refractivity contribution in [3.8, 4) is 0 Å². The molecular formula is C19H20N2O4S. The van der Waals surface area contributed by atoms with Gasteiger partial charge in [-0.25, -0.2) is 8.42 Å². The number of nitrogens with zero attached hydrogens (tertiary/aromatic N) is 1. The maximum Gasteiger partial charge on any atom is 0.255 e. The summed E-state index contributed by atoms with van der Waals surface area (Å²) in [6, 6.07) is 11.4. The lowest BCUT2D eigenvalue weighted by Crippen LogP contribution is -2.23. The minimum absolute atomic E-state index is 0.0930. The normalized spacial score (nSPS) is 14.5. The van der Waals surface area contributed by atoms with E-state index >= 15 is 0 Å². The second-order valence-electron chi connectivity index (χ2n) is 6.40. The Morgan fingerprint density at radius 3 is 2.38 bits per heavy atom. The Kier molecular flexibility index (Phi) is 4.82. The van der Waals surface area contributed by atoms with Crippen molar-refractivity contribution in [2.24, 2.45) is 0 Å². The van der Waals surface area contributed by atoms with E-state index in [-0.39, 0.29) is 16.7 Å². The molecule has 1 aliphatic heterocycles. The first-order valence-electron chi connectivity index (χ1n) is 8.28. The molecule has 0 aromatic heterocycles. The van der Waals surface area contributed by atoms with Gasteiger partial charge in [0.2, 0.25) is 5.91 Å². The van der Waals surface area contributed by atoms with Gasteiger partial charge in [-0.1, -0.05) is 6.07 Å². The van der Waals surface area contributed by atoms with E-state index in [2.05, 4.69) is 5.32 Å². The highest BCUT2D eigenvalue weighted by Gasteiger charge is 2.21. The summed E-state index contributed by atoms with van der Waals surface area (Å²) in [5.74, 6) is -0.242. The zero-order chi connectivity index (χ0) is 18.9. The summed E-state index contributed by atoms with van der Waals surface area (Å²) in [6.45, 7) is 2.49. The van der Waals surface area contributed by atoms with E-state index in [4.69, 9.17) is 0 Å². The minimum atomic E-state index is -3.35. The van der Waals surface area contributed by atoms with Gasteiger partial charge in [-0.3, -0.25) is 9.59 Å². The molecule has 7 heteroatoms. The van der Waals surface area contributed by atoms with Crippen LogP contribution in [0, 0.1) is 6.92 Å². The first-order valence-corrected chi connectivity index (χ1v) is 10.2.